The lowest BCUT2D eigenvalue weighted by molar-refractivity contribution is 0.0934. The summed E-state index contributed by atoms with van der Waals surface area (Å²) in [5.41, 5.74) is -0.124. The van der Waals surface area contributed by atoms with E-state index in [0.29, 0.717) is 11.5 Å². The van der Waals surface area contributed by atoms with E-state index < -0.39 is 23.6 Å². The number of benzene rings is 1. The maximum Gasteiger partial charge on any atom is 0.253 e. The summed E-state index contributed by atoms with van der Waals surface area (Å²) in [6, 6.07) is 4.62. The van der Waals surface area contributed by atoms with E-state index in [4.69, 9.17) is 16.0 Å². The Morgan fingerprint density at radius 1 is 1.30 bits per heavy atom. The van der Waals surface area contributed by atoms with Gasteiger partial charge < -0.3 is 9.73 Å². The van der Waals surface area contributed by atoms with Crippen LogP contribution >= 0.6 is 11.6 Å². The minimum absolute atomic E-state index is 0.124. The molecule has 2 rings (SSSR count). The molecular weight excluding hydrogens is 288 g/mol. The Balaban J connectivity index is 2.18. The molecule has 0 spiro atoms. The second-order valence-electron chi connectivity index (χ2n) is 4.39. The molecule has 1 heterocycles. The van der Waals surface area contributed by atoms with Crippen molar-refractivity contribution in [1.29, 1.82) is 0 Å². The first-order valence-electron chi connectivity index (χ1n) is 5.90. The molecule has 20 heavy (non-hydrogen) atoms. The number of aryl methyl sites for hydroxylation is 1. The number of furan rings is 1. The zero-order chi connectivity index (χ0) is 14.9. The van der Waals surface area contributed by atoms with Gasteiger partial charge in [0.05, 0.1) is 16.6 Å². The molecule has 106 valence electrons. The number of carbonyl (C=O) groups excluding carboxylic acids is 1. The maximum absolute atomic E-state index is 13.2. The Labute approximate surface area is 119 Å². The number of hydrogen-bond donors (Lipinski definition) is 1. The summed E-state index contributed by atoms with van der Waals surface area (Å²) in [7, 11) is 0. The molecule has 0 aliphatic carbocycles. The lowest BCUT2D eigenvalue weighted by Crippen LogP contribution is -2.26. The minimum atomic E-state index is -1.12. The van der Waals surface area contributed by atoms with Crippen LogP contribution in [-0.4, -0.2) is 5.91 Å². The highest BCUT2D eigenvalue weighted by atomic mass is 35.5. The Bertz CT molecular complexity index is 655. The zero-order valence-electron chi connectivity index (χ0n) is 10.8. The lowest BCUT2D eigenvalue weighted by atomic mass is 10.1. The summed E-state index contributed by atoms with van der Waals surface area (Å²) in [5.74, 6) is -1.54. The molecule has 0 aliphatic rings. The molecular formula is C14H12ClF2NO2. The van der Waals surface area contributed by atoms with Crippen LogP contribution in [0.15, 0.2) is 28.7 Å². The van der Waals surface area contributed by atoms with E-state index in [2.05, 4.69) is 5.32 Å². The molecule has 1 unspecified atom stereocenters. The van der Waals surface area contributed by atoms with E-state index in [1.807, 2.05) is 0 Å². The first kappa shape index (κ1) is 14.5. The molecule has 1 aromatic heterocycles. The summed E-state index contributed by atoms with van der Waals surface area (Å²) in [4.78, 5) is 12.0. The van der Waals surface area contributed by atoms with Gasteiger partial charge in [-0.25, -0.2) is 8.78 Å². The lowest BCUT2D eigenvalue weighted by Gasteiger charge is -2.12. The fourth-order valence-corrected chi connectivity index (χ4v) is 1.96. The van der Waals surface area contributed by atoms with E-state index >= 15 is 0 Å². The topological polar surface area (TPSA) is 42.2 Å². The van der Waals surface area contributed by atoms with Crippen LogP contribution in [-0.2, 0) is 0 Å². The Hall–Kier alpha value is -1.88. The van der Waals surface area contributed by atoms with Crippen LogP contribution in [0.1, 0.15) is 34.8 Å². The number of halogens is 3. The maximum atomic E-state index is 13.2. The molecule has 1 atom stereocenters. The standard InChI is InChI=1S/C14H12ClF2NO2/c1-7-3-4-13(20-7)8(2)18-14(19)9-5-11(16)12(17)6-10(9)15/h3-6,8H,1-2H3,(H,18,19). The van der Waals surface area contributed by atoms with Gasteiger partial charge in [-0.15, -0.1) is 0 Å². The SMILES string of the molecule is Cc1ccc(C(C)NC(=O)c2cc(F)c(F)cc2Cl)o1. The van der Waals surface area contributed by atoms with E-state index in [0.717, 1.165) is 12.1 Å². The average Bonchev–Trinajstić information content (AvgIpc) is 2.80. The van der Waals surface area contributed by atoms with Crippen molar-refractivity contribution in [2.24, 2.45) is 0 Å². The van der Waals surface area contributed by atoms with Crippen molar-refractivity contribution in [2.75, 3.05) is 0 Å². The molecule has 1 amide bonds. The van der Waals surface area contributed by atoms with Gasteiger partial charge in [0.2, 0.25) is 0 Å². The predicted octanol–water partition coefficient (Wildman–Crippen LogP) is 4.01. The average molecular weight is 300 g/mol. The smallest absolute Gasteiger partial charge is 0.253 e. The first-order chi connectivity index (χ1) is 9.38. The highest BCUT2D eigenvalue weighted by molar-refractivity contribution is 6.33. The van der Waals surface area contributed by atoms with Gasteiger partial charge in [-0.05, 0) is 38.1 Å². The van der Waals surface area contributed by atoms with E-state index in [1.165, 1.54) is 0 Å². The van der Waals surface area contributed by atoms with Crippen LogP contribution in [0.2, 0.25) is 5.02 Å². The van der Waals surface area contributed by atoms with Crippen molar-refractivity contribution >= 4 is 17.5 Å². The van der Waals surface area contributed by atoms with Crippen LogP contribution in [0, 0.1) is 18.6 Å². The van der Waals surface area contributed by atoms with Gasteiger partial charge in [0.1, 0.15) is 11.5 Å². The molecule has 0 aliphatic heterocycles. The van der Waals surface area contributed by atoms with Crippen molar-refractivity contribution in [3.05, 3.63) is 58.0 Å². The molecule has 2 aromatic rings. The van der Waals surface area contributed by atoms with Gasteiger partial charge in [-0.3, -0.25) is 4.79 Å². The Morgan fingerprint density at radius 3 is 2.55 bits per heavy atom. The van der Waals surface area contributed by atoms with Crippen LogP contribution in [0.5, 0.6) is 0 Å². The number of carbonyl (C=O) groups is 1. The molecule has 3 nitrogen and oxygen atoms in total. The first-order valence-corrected chi connectivity index (χ1v) is 6.28. The fraction of sp³-hybridized carbons (Fsp3) is 0.214. The van der Waals surface area contributed by atoms with Gasteiger partial charge in [0.15, 0.2) is 11.6 Å². The van der Waals surface area contributed by atoms with Gasteiger partial charge in [-0.2, -0.15) is 0 Å². The van der Waals surface area contributed by atoms with E-state index in [1.54, 1.807) is 26.0 Å². The van der Waals surface area contributed by atoms with Gasteiger partial charge in [0, 0.05) is 0 Å². The van der Waals surface area contributed by atoms with Crippen molar-refractivity contribution in [1.82, 2.24) is 5.32 Å². The highest BCUT2D eigenvalue weighted by Crippen LogP contribution is 2.22. The van der Waals surface area contributed by atoms with Gasteiger partial charge in [-0.1, -0.05) is 11.6 Å². The van der Waals surface area contributed by atoms with Crippen LogP contribution in [0.4, 0.5) is 8.78 Å². The molecule has 1 aromatic carbocycles. The summed E-state index contributed by atoms with van der Waals surface area (Å²) in [6.45, 7) is 3.49. The van der Waals surface area contributed by atoms with Crippen LogP contribution in [0.25, 0.3) is 0 Å². The number of amides is 1. The Kier molecular flexibility index (Phi) is 4.09. The number of nitrogens with one attached hydrogen (secondary N) is 1. The quantitative estimate of drug-likeness (QED) is 0.870. The molecule has 0 radical (unpaired) electrons. The summed E-state index contributed by atoms with van der Waals surface area (Å²) >= 11 is 5.74. The van der Waals surface area contributed by atoms with Crippen LogP contribution in [0.3, 0.4) is 0 Å². The van der Waals surface area contributed by atoms with Crippen molar-refractivity contribution in [2.45, 2.75) is 19.9 Å². The summed E-state index contributed by atoms with van der Waals surface area (Å²) < 4.78 is 31.5. The van der Waals surface area contributed by atoms with Crippen molar-refractivity contribution in [3.63, 3.8) is 0 Å². The number of hydrogen-bond acceptors (Lipinski definition) is 2. The molecule has 0 fully saturated rings. The second-order valence-corrected chi connectivity index (χ2v) is 4.80. The van der Waals surface area contributed by atoms with Crippen molar-refractivity contribution in [3.8, 4) is 0 Å². The third-order valence-corrected chi connectivity index (χ3v) is 3.10. The number of rotatable bonds is 3. The van der Waals surface area contributed by atoms with Gasteiger partial charge >= 0.3 is 0 Å². The monoisotopic (exact) mass is 299 g/mol. The molecule has 0 saturated carbocycles. The van der Waals surface area contributed by atoms with Crippen molar-refractivity contribution < 1.29 is 18.0 Å². The van der Waals surface area contributed by atoms with E-state index in [9.17, 15) is 13.6 Å². The van der Waals surface area contributed by atoms with Crippen LogP contribution < -0.4 is 5.32 Å². The molecule has 1 N–H and O–H groups in total. The van der Waals surface area contributed by atoms with Gasteiger partial charge in [0.25, 0.3) is 5.91 Å². The third kappa shape index (κ3) is 2.99. The predicted molar refractivity (Wildman–Crippen MR) is 70.7 cm³/mol. The molecule has 6 heteroatoms. The minimum Gasteiger partial charge on any atom is -0.464 e. The fourth-order valence-electron chi connectivity index (χ4n) is 1.73. The second kappa shape index (κ2) is 5.63. The molecule has 0 saturated heterocycles. The largest absolute Gasteiger partial charge is 0.464 e. The normalized spacial score (nSPS) is 12.2. The molecule has 0 bridgehead atoms. The van der Waals surface area contributed by atoms with E-state index in [-0.39, 0.29) is 10.6 Å². The highest BCUT2D eigenvalue weighted by Gasteiger charge is 2.18. The summed E-state index contributed by atoms with van der Waals surface area (Å²) in [6.07, 6.45) is 0. The third-order valence-electron chi connectivity index (χ3n) is 2.79. The Morgan fingerprint density at radius 2 is 1.95 bits per heavy atom. The summed E-state index contributed by atoms with van der Waals surface area (Å²) in [5, 5.41) is 2.46. The zero-order valence-corrected chi connectivity index (χ0v) is 11.6.